The van der Waals surface area contributed by atoms with Crippen molar-refractivity contribution in [1.29, 1.82) is 0 Å². The summed E-state index contributed by atoms with van der Waals surface area (Å²) in [5, 5.41) is 9.93. The van der Waals surface area contributed by atoms with Crippen LogP contribution < -0.4 is 11.3 Å². The quantitative estimate of drug-likeness (QED) is 0.473. The normalized spacial score (nSPS) is 15.4. The van der Waals surface area contributed by atoms with Crippen molar-refractivity contribution in [3.63, 3.8) is 0 Å². The predicted octanol–water partition coefficient (Wildman–Crippen LogP) is 0.666. The lowest BCUT2D eigenvalue weighted by molar-refractivity contribution is 0.0572. The van der Waals surface area contributed by atoms with Gasteiger partial charge in [0.05, 0.1) is 0 Å². The van der Waals surface area contributed by atoms with Crippen LogP contribution in [0.5, 0.6) is 0 Å². The van der Waals surface area contributed by atoms with E-state index in [-0.39, 0.29) is 0 Å². The van der Waals surface area contributed by atoms with E-state index in [2.05, 4.69) is 5.43 Å². The van der Waals surface area contributed by atoms with Gasteiger partial charge in [-0.2, -0.15) is 0 Å². The van der Waals surface area contributed by atoms with Crippen LogP contribution in [0.1, 0.15) is 18.1 Å². The van der Waals surface area contributed by atoms with Gasteiger partial charge in [0.25, 0.3) is 0 Å². The van der Waals surface area contributed by atoms with E-state index >= 15 is 0 Å². The second-order valence-corrected chi connectivity index (χ2v) is 3.52. The zero-order chi connectivity index (χ0) is 9.90. The average molecular weight is 180 g/mol. The first-order chi connectivity index (χ1) is 6.06. The average Bonchev–Trinajstić information content (AvgIpc) is 2.05. The van der Waals surface area contributed by atoms with Crippen LogP contribution in [0.15, 0.2) is 24.3 Å². The molecule has 0 spiro atoms. The van der Waals surface area contributed by atoms with E-state index in [0.717, 1.165) is 5.56 Å². The molecular weight excluding hydrogens is 164 g/mol. The third kappa shape index (κ3) is 2.52. The van der Waals surface area contributed by atoms with Crippen molar-refractivity contribution in [2.24, 2.45) is 5.84 Å². The molecule has 4 N–H and O–H groups in total. The topological polar surface area (TPSA) is 58.3 Å². The predicted molar refractivity (Wildman–Crippen MR) is 52.9 cm³/mol. The molecule has 72 valence electrons. The highest BCUT2D eigenvalue weighted by molar-refractivity contribution is 5.26. The molecule has 0 aromatic heterocycles. The lowest BCUT2D eigenvalue weighted by Gasteiger charge is -2.23. The standard InChI is InChI=1S/C10H16N2O/c1-8-3-5-9(6-4-8)10(2,13)7-12-11/h3-6,12-13H,7,11H2,1-2H3. The van der Waals surface area contributed by atoms with Crippen LogP contribution >= 0.6 is 0 Å². The molecule has 0 saturated heterocycles. The molecule has 3 nitrogen and oxygen atoms in total. The van der Waals surface area contributed by atoms with Crippen LogP contribution in [-0.2, 0) is 5.60 Å². The first-order valence-corrected chi connectivity index (χ1v) is 4.29. The van der Waals surface area contributed by atoms with E-state index in [4.69, 9.17) is 5.84 Å². The van der Waals surface area contributed by atoms with Gasteiger partial charge in [-0.25, -0.2) is 0 Å². The molecule has 0 amide bonds. The van der Waals surface area contributed by atoms with Crippen LogP contribution in [0.25, 0.3) is 0 Å². The number of nitrogens with one attached hydrogen (secondary N) is 1. The second kappa shape index (κ2) is 3.87. The number of nitrogens with two attached hydrogens (primary N) is 1. The van der Waals surface area contributed by atoms with Gasteiger partial charge in [0.15, 0.2) is 0 Å². The lowest BCUT2D eigenvalue weighted by atomic mass is 9.95. The van der Waals surface area contributed by atoms with Gasteiger partial charge in [-0.15, -0.1) is 0 Å². The highest BCUT2D eigenvalue weighted by atomic mass is 16.3. The number of hydrogen-bond donors (Lipinski definition) is 3. The molecule has 0 aliphatic carbocycles. The van der Waals surface area contributed by atoms with Crippen molar-refractivity contribution >= 4 is 0 Å². The molecule has 0 heterocycles. The van der Waals surface area contributed by atoms with Crippen LogP contribution in [-0.4, -0.2) is 11.7 Å². The number of hydrogen-bond acceptors (Lipinski definition) is 3. The maximum Gasteiger partial charge on any atom is 0.101 e. The summed E-state index contributed by atoms with van der Waals surface area (Å²) in [6.07, 6.45) is 0. The Labute approximate surface area is 78.5 Å². The lowest BCUT2D eigenvalue weighted by Crippen LogP contribution is -2.38. The van der Waals surface area contributed by atoms with Crippen molar-refractivity contribution < 1.29 is 5.11 Å². The molecule has 0 fully saturated rings. The van der Waals surface area contributed by atoms with Crippen LogP contribution in [0.2, 0.25) is 0 Å². The number of aliphatic hydroxyl groups is 1. The molecule has 3 heteroatoms. The fourth-order valence-corrected chi connectivity index (χ4v) is 1.21. The molecule has 1 atom stereocenters. The van der Waals surface area contributed by atoms with Crippen LogP contribution in [0, 0.1) is 6.92 Å². The Kier molecular flexibility index (Phi) is 3.03. The van der Waals surface area contributed by atoms with Crippen molar-refractivity contribution in [1.82, 2.24) is 5.43 Å². The molecule has 1 aromatic rings. The monoisotopic (exact) mass is 180 g/mol. The molecule has 1 rings (SSSR count). The van der Waals surface area contributed by atoms with Crippen LogP contribution in [0.4, 0.5) is 0 Å². The van der Waals surface area contributed by atoms with Crippen molar-refractivity contribution in [3.8, 4) is 0 Å². The van der Waals surface area contributed by atoms with Crippen molar-refractivity contribution in [2.45, 2.75) is 19.4 Å². The molecule has 0 radical (unpaired) electrons. The number of hydrazine groups is 1. The third-order valence-corrected chi connectivity index (χ3v) is 2.12. The minimum Gasteiger partial charge on any atom is -0.384 e. The van der Waals surface area contributed by atoms with E-state index < -0.39 is 5.60 Å². The Balaban J connectivity index is 2.87. The molecule has 0 saturated carbocycles. The molecule has 0 aliphatic rings. The second-order valence-electron chi connectivity index (χ2n) is 3.52. The van der Waals surface area contributed by atoms with Gasteiger partial charge in [0.2, 0.25) is 0 Å². The van der Waals surface area contributed by atoms with E-state index in [9.17, 15) is 5.11 Å². The van der Waals surface area contributed by atoms with E-state index in [0.29, 0.717) is 6.54 Å². The third-order valence-electron chi connectivity index (χ3n) is 2.12. The van der Waals surface area contributed by atoms with Gasteiger partial charge in [-0.3, -0.25) is 11.3 Å². The minimum absolute atomic E-state index is 0.343. The van der Waals surface area contributed by atoms with Gasteiger partial charge in [-0.05, 0) is 19.4 Å². The summed E-state index contributed by atoms with van der Waals surface area (Å²) >= 11 is 0. The fraction of sp³-hybridized carbons (Fsp3) is 0.400. The summed E-state index contributed by atoms with van der Waals surface area (Å²) in [6, 6.07) is 7.76. The van der Waals surface area contributed by atoms with Gasteiger partial charge >= 0.3 is 0 Å². The molecule has 13 heavy (non-hydrogen) atoms. The number of aryl methyl sites for hydroxylation is 1. The zero-order valence-electron chi connectivity index (χ0n) is 8.04. The maximum atomic E-state index is 9.93. The maximum absolute atomic E-state index is 9.93. The minimum atomic E-state index is -0.900. The Bertz CT molecular complexity index is 267. The highest BCUT2D eigenvalue weighted by Crippen LogP contribution is 2.19. The molecule has 0 aliphatic heterocycles. The summed E-state index contributed by atoms with van der Waals surface area (Å²) in [6.45, 7) is 4.09. The summed E-state index contributed by atoms with van der Waals surface area (Å²) in [5.74, 6) is 5.17. The molecule has 1 aromatic carbocycles. The largest absolute Gasteiger partial charge is 0.384 e. The number of rotatable bonds is 3. The summed E-state index contributed by atoms with van der Waals surface area (Å²) in [7, 11) is 0. The van der Waals surface area contributed by atoms with Gasteiger partial charge in [-0.1, -0.05) is 29.8 Å². The smallest absolute Gasteiger partial charge is 0.101 e. The number of benzene rings is 1. The Hall–Kier alpha value is -0.900. The van der Waals surface area contributed by atoms with E-state index in [1.165, 1.54) is 5.56 Å². The van der Waals surface area contributed by atoms with E-state index in [1.54, 1.807) is 6.92 Å². The van der Waals surface area contributed by atoms with Gasteiger partial charge in [0, 0.05) is 6.54 Å². The zero-order valence-corrected chi connectivity index (χ0v) is 8.04. The highest BCUT2D eigenvalue weighted by Gasteiger charge is 2.21. The molecular formula is C10H16N2O. The fourth-order valence-electron chi connectivity index (χ4n) is 1.21. The SMILES string of the molecule is Cc1ccc(C(C)(O)CNN)cc1. The van der Waals surface area contributed by atoms with E-state index in [1.807, 2.05) is 31.2 Å². The molecule has 0 bridgehead atoms. The van der Waals surface area contributed by atoms with Crippen LogP contribution in [0.3, 0.4) is 0 Å². The van der Waals surface area contributed by atoms with Crippen molar-refractivity contribution in [2.75, 3.05) is 6.54 Å². The summed E-state index contributed by atoms with van der Waals surface area (Å²) in [5.41, 5.74) is 3.62. The van der Waals surface area contributed by atoms with Gasteiger partial charge in [0.1, 0.15) is 5.60 Å². The first kappa shape index (κ1) is 10.2. The Morgan fingerprint density at radius 1 is 1.38 bits per heavy atom. The summed E-state index contributed by atoms with van der Waals surface area (Å²) in [4.78, 5) is 0. The van der Waals surface area contributed by atoms with Gasteiger partial charge < -0.3 is 5.11 Å². The Morgan fingerprint density at radius 3 is 2.38 bits per heavy atom. The van der Waals surface area contributed by atoms with Crippen molar-refractivity contribution in [3.05, 3.63) is 35.4 Å². The first-order valence-electron chi connectivity index (χ1n) is 4.29. The Morgan fingerprint density at radius 2 is 1.92 bits per heavy atom. The summed E-state index contributed by atoms with van der Waals surface area (Å²) < 4.78 is 0. The molecule has 1 unspecified atom stereocenters.